The molecule has 1 N–H and O–H groups in total. The molecule has 2 heterocycles. The number of carbonyl (C=O) groups excluding carboxylic acids is 1. The first kappa shape index (κ1) is 11.2. The summed E-state index contributed by atoms with van der Waals surface area (Å²) in [7, 11) is 0. The Morgan fingerprint density at radius 2 is 2.28 bits per heavy atom. The Morgan fingerprint density at radius 3 is 3.00 bits per heavy atom. The second kappa shape index (κ2) is 4.38. The summed E-state index contributed by atoms with van der Waals surface area (Å²) in [5.74, 6) is 0.506. The van der Waals surface area contributed by atoms with Gasteiger partial charge >= 0.3 is 6.01 Å². The Hall–Kier alpha value is -1.95. The van der Waals surface area contributed by atoms with Gasteiger partial charge in [-0.3, -0.25) is 15.1 Å². The van der Waals surface area contributed by atoms with Crippen LogP contribution in [0.25, 0.3) is 0 Å². The van der Waals surface area contributed by atoms with Gasteiger partial charge in [0, 0.05) is 18.3 Å². The lowest BCUT2D eigenvalue weighted by atomic mass is 10.3. The Labute approximate surface area is 107 Å². The molecule has 0 unspecified atom stereocenters. The van der Waals surface area contributed by atoms with Crippen LogP contribution in [0.1, 0.15) is 35.0 Å². The summed E-state index contributed by atoms with van der Waals surface area (Å²) in [6.45, 7) is 0. The minimum Gasteiger partial charge on any atom is -0.408 e. The maximum Gasteiger partial charge on any atom is 0.322 e. The van der Waals surface area contributed by atoms with Crippen molar-refractivity contribution in [2.75, 3.05) is 5.32 Å². The number of halogens is 1. The number of carbonyl (C=O) groups is 1. The molecule has 7 heteroatoms. The molecule has 0 bridgehead atoms. The van der Waals surface area contributed by atoms with E-state index in [0.717, 1.165) is 12.8 Å². The van der Waals surface area contributed by atoms with E-state index in [1.165, 1.54) is 12.4 Å². The first-order chi connectivity index (χ1) is 8.74. The lowest BCUT2D eigenvalue weighted by Crippen LogP contribution is -2.13. The molecule has 0 atom stereocenters. The molecule has 18 heavy (non-hydrogen) atoms. The van der Waals surface area contributed by atoms with Crippen LogP contribution in [-0.2, 0) is 0 Å². The van der Waals surface area contributed by atoms with Crippen molar-refractivity contribution < 1.29 is 9.21 Å². The highest BCUT2D eigenvalue weighted by Crippen LogP contribution is 2.39. The molecule has 0 saturated heterocycles. The third-order valence-corrected chi connectivity index (χ3v) is 2.93. The first-order valence-electron chi connectivity index (χ1n) is 5.48. The van der Waals surface area contributed by atoms with E-state index in [2.05, 4.69) is 20.5 Å². The van der Waals surface area contributed by atoms with Gasteiger partial charge in [0.2, 0.25) is 5.89 Å². The molecule has 3 rings (SSSR count). The van der Waals surface area contributed by atoms with Crippen molar-refractivity contribution in [2.45, 2.75) is 18.8 Å². The molecular formula is C11H9ClN4O2. The van der Waals surface area contributed by atoms with E-state index in [0.29, 0.717) is 16.8 Å². The molecule has 2 aromatic rings. The van der Waals surface area contributed by atoms with Gasteiger partial charge in [-0.1, -0.05) is 16.7 Å². The van der Waals surface area contributed by atoms with Crippen LogP contribution >= 0.6 is 11.6 Å². The number of hydrogen-bond acceptors (Lipinski definition) is 5. The van der Waals surface area contributed by atoms with Crippen LogP contribution in [0, 0.1) is 0 Å². The monoisotopic (exact) mass is 264 g/mol. The largest absolute Gasteiger partial charge is 0.408 e. The van der Waals surface area contributed by atoms with Crippen molar-refractivity contribution in [3.63, 3.8) is 0 Å². The number of anilines is 1. The van der Waals surface area contributed by atoms with E-state index >= 15 is 0 Å². The lowest BCUT2D eigenvalue weighted by molar-refractivity contribution is 0.102. The molecule has 1 aliphatic rings. The zero-order chi connectivity index (χ0) is 12.5. The molecule has 1 saturated carbocycles. The van der Waals surface area contributed by atoms with E-state index in [1.807, 2.05) is 0 Å². The Kier molecular flexibility index (Phi) is 2.71. The normalized spacial score (nSPS) is 14.5. The summed E-state index contributed by atoms with van der Waals surface area (Å²) in [5.41, 5.74) is 0.269. The third kappa shape index (κ3) is 2.19. The van der Waals surface area contributed by atoms with E-state index in [-0.39, 0.29) is 11.6 Å². The fraction of sp³-hybridized carbons (Fsp3) is 0.273. The average molecular weight is 265 g/mol. The summed E-state index contributed by atoms with van der Waals surface area (Å²) < 4.78 is 5.32. The number of pyridine rings is 1. The van der Waals surface area contributed by atoms with Gasteiger partial charge in [0.15, 0.2) is 0 Å². The highest BCUT2D eigenvalue weighted by Gasteiger charge is 2.29. The molecular weight excluding hydrogens is 256 g/mol. The van der Waals surface area contributed by atoms with Crippen molar-refractivity contribution >= 4 is 23.5 Å². The van der Waals surface area contributed by atoms with Crippen LogP contribution in [-0.4, -0.2) is 21.1 Å². The Morgan fingerprint density at radius 1 is 1.44 bits per heavy atom. The van der Waals surface area contributed by atoms with Gasteiger partial charge < -0.3 is 4.42 Å². The van der Waals surface area contributed by atoms with Crippen molar-refractivity contribution in [1.29, 1.82) is 0 Å². The second-order valence-electron chi connectivity index (χ2n) is 4.03. The smallest absolute Gasteiger partial charge is 0.322 e. The van der Waals surface area contributed by atoms with E-state index < -0.39 is 5.91 Å². The number of nitrogens with zero attached hydrogens (tertiary/aromatic N) is 3. The van der Waals surface area contributed by atoms with Gasteiger partial charge in [-0.25, -0.2) is 0 Å². The van der Waals surface area contributed by atoms with E-state index in [9.17, 15) is 4.79 Å². The zero-order valence-electron chi connectivity index (χ0n) is 9.26. The third-order valence-electron chi connectivity index (χ3n) is 2.60. The number of amides is 1. The summed E-state index contributed by atoms with van der Waals surface area (Å²) in [6.07, 6.45) is 5.01. The highest BCUT2D eigenvalue weighted by molar-refractivity contribution is 6.34. The molecule has 0 spiro atoms. The van der Waals surface area contributed by atoms with Gasteiger partial charge in [-0.2, -0.15) is 0 Å². The predicted molar refractivity (Wildman–Crippen MR) is 63.5 cm³/mol. The van der Waals surface area contributed by atoms with Crippen LogP contribution in [0.5, 0.6) is 0 Å². The summed E-state index contributed by atoms with van der Waals surface area (Å²) in [4.78, 5) is 15.7. The molecule has 1 fully saturated rings. The van der Waals surface area contributed by atoms with Crippen LogP contribution in [0.15, 0.2) is 22.9 Å². The molecule has 6 nitrogen and oxygen atoms in total. The van der Waals surface area contributed by atoms with Crippen molar-refractivity contribution in [3.8, 4) is 0 Å². The van der Waals surface area contributed by atoms with Gasteiger partial charge in [-0.05, 0) is 18.9 Å². The van der Waals surface area contributed by atoms with Crippen LogP contribution < -0.4 is 5.32 Å². The standard InChI is InChI=1S/C11H9ClN4O2/c12-8-3-4-13-5-7(8)9(17)14-11-16-15-10(18-11)6-1-2-6/h3-6H,1-2H2,(H,14,16,17). The van der Waals surface area contributed by atoms with Crippen molar-refractivity contribution in [3.05, 3.63) is 34.9 Å². The van der Waals surface area contributed by atoms with Gasteiger partial charge in [0.05, 0.1) is 10.6 Å². The molecule has 1 amide bonds. The van der Waals surface area contributed by atoms with E-state index in [1.54, 1.807) is 6.07 Å². The molecule has 0 radical (unpaired) electrons. The van der Waals surface area contributed by atoms with Gasteiger partial charge in [0.25, 0.3) is 5.91 Å². The first-order valence-corrected chi connectivity index (χ1v) is 5.86. The molecule has 2 aromatic heterocycles. The molecule has 0 aromatic carbocycles. The summed E-state index contributed by atoms with van der Waals surface area (Å²) >= 11 is 5.88. The highest BCUT2D eigenvalue weighted by atomic mass is 35.5. The average Bonchev–Trinajstić information content (AvgIpc) is 3.11. The number of rotatable bonds is 3. The maximum atomic E-state index is 11.9. The van der Waals surface area contributed by atoms with Crippen molar-refractivity contribution in [1.82, 2.24) is 15.2 Å². The fourth-order valence-corrected chi connectivity index (χ4v) is 1.68. The van der Waals surface area contributed by atoms with Crippen LogP contribution in [0.4, 0.5) is 6.01 Å². The zero-order valence-corrected chi connectivity index (χ0v) is 10.0. The predicted octanol–water partition coefficient (Wildman–Crippen LogP) is 2.25. The number of hydrogen-bond donors (Lipinski definition) is 1. The number of nitrogens with one attached hydrogen (secondary N) is 1. The molecule has 0 aliphatic heterocycles. The van der Waals surface area contributed by atoms with Gasteiger partial charge in [-0.15, -0.1) is 5.10 Å². The van der Waals surface area contributed by atoms with Crippen LogP contribution in [0.2, 0.25) is 5.02 Å². The SMILES string of the molecule is O=C(Nc1nnc(C2CC2)o1)c1cnccc1Cl. The Bertz CT molecular complexity index is 594. The van der Waals surface area contributed by atoms with Crippen molar-refractivity contribution in [2.24, 2.45) is 0 Å². The fourth-order valence-electron chi connectivity index (χ4n) is 1.49. The Balaban J connectivity index is 1.75. The molecule has 92 valence electrons. The second-order valence-corrected chi connectivity index (χ2v) is 4.44. The lowest BCUT2D eigenvalue weighted by Gasteiger charge is -2.01. The quantitative estimate of drug-likeness (QED) is 0.919. The topological polar surface area (TPSA) is 80.9 Å². The van der Waals surface area contributed by atoms with Gasteiger partial charge in [0.1, 0.15) is 0 Å². The minimum absolute atomic E-state index is 0.0850. The van der Waals surface area contributed by atoms with E-state index in [4.69, 9.17) is 16.0 Å². The molecule has 1 aliphatic carbocycles. The maximum absolute atomic E-state index is 11.9. The minimum atomic E-state index is -0.418. The summed E-state index contributed by atoms with van der Waals surface area (Å²) in [5, 5.41) is 10.4. The number of aromatic nitrogens is 3. The summed E-state index contributed by atoms with van der Waals surface area (Å²) in [6, 6.07) is 1.63. The van der Waals surface area contributed by atoms with Crippen LogP contribution in [0.3, 0.4) is 0 Å².